The van der Waals surface area contributed by atoms with Crippen LogP contribution in [0.25, 0.3) is 0 Å². The van der Waals surface area contributed by atoms with Gasteiger partial charge in [-0.2, -0.15) is 5.26 Å². The zero-order valence-electron chi connectivity index (χ0n) is 18.8. The van der Waals surface area contributed by atoms with Crippen molar-refractivity contribution in [1.29, 1.82) is 5.26 Å². The molecule has 1 amide bonds. The predicted octanol–water partition coefficient (Wildman–Crippen LogP) is 1.74. The summed E-state index contributed by atoms with van der Waals surface area (Å²) in [5.41, 5.74) is 1.70. The number of nitriles is 1. The summed E-state index contributed by atoms with van der Waals surface area (Å²) in [7, 11) is 0. The molecule has 2 saturated heterocycles. The molecule has 3 heterocycles. The quantitative estimate of drug-likeness (QED) is 0.551. The largest absolute Gasteiger partial charge is 0.356 e. The van der Waals surface area contributed by atoms with Gasteiger partial charge in [0.15, 0.2) is 0 Å². The van der Waals surface area contributed by atoms with Gasteiger partial charge in [0.25, 0.3) is 5.91 Å². The van der Waals surface area contributed by atoms with Crippen molar-refractivity contribution in [1.82, 2.24) is 25.4 Å². The monoisotopic (exact) mass is 425 g/mol. The molecule has 2 fully saturated rings. The summed E-state index contributed by atoms with van der Waals surface area (Å²) in [5, 5.41) is 15.2. The number of aliphatic imine (C=N–C) groups is 1. The van der Waals surface area contributed by atoms with Crippen LogP contribution in [-0.2, 0) is 0 Å². The van der Waals surface area contributed by atoms with Crippen molar-refractivity contribution < 1.29 is 4.79 Å². The van der Waals surface area contributed by atoms with Gasteiger partial charge in [-0.25, -0.2) is 0 Å². The number of piperidine rings is 1. The molecule has 0 aliphatic carbocycles. The molecule has 8 heteroatoms. The zero-order valence-corrected chi connectivity index (χ0v) is 18.8. The van der Waals surface area contributed by atoms with Gasteiger partial charge in [-0.1, -0.05) is 12.5 Å². The van der Waals surface area contributed by atoms with Gasteiger partial charge in [-0.3, -0.25) is 19.6 Å². The van der Waals surface area contributed by atoms with E-state index in [1.807, 2.05) is 12.1 Å². The predicted molar refractivity (Wildman–Crippen MR) is 123 cm³/mol. The van der Waals surface area contributed by atoms with E-state index in [0.29, 0.717) is 17.8 Å². The van der Waals surface area contributed by atoms with Crippen LogP contribution in [0.5, 0.6) is 0 Å². The van der Waals surface area contributed by atoms with Crippen LogP contribution < -0.4 is 10.6 Å². The van der Waals surface area contributed by atoms with E-state index in [-0.39, 0.29) is 11.4 Å². The number of carbonyl (C=O) groups is 1. The Balaban J connectivity index is 1.64. The maximum atomic E-state index is 12.3. The molecule has 1 aromatic rings. The number of aromatic amines is 1. The highest BCUT2D eigenvalue weighted by Crippen LogP contribution is 2.19. The Morgan fingerprint density at radius 2 is 2.00 bits per heavy atom. The minimum atomic E-state index is -0.223. The maximum Gasteiger partial charge on any atom is 0.267 e. The summed E-state index contributed by atoms with van der Waals surface area (Å²) in [6.45, 7) is 11.8. The summed E-state index contributed by atoms with van der Waals surface area (Å²) < 4.78 is 0. The molecule has 0 unspecified atom stereocenters. The first-order valence-corrected chi connectivity index (χ1v) is 11.3. The third-order valence-corrected chi connectivity index (χ3v) is 6.14. The van der Waals surface area contributed by atoms with Gasteiger partial charge in [-0.15, -0.1) is 0 Å². The standard InChI is InChI=1S/C23H35N7O/c1-23(2,30-13-9-25-10-14-30)21(28-18-29-11-4-3-5-12-29)7-6-8-26-22(31)20-15-19(16-24)17-27-20/h6-7,15,17,25,27H,3-5,8-14,18H2,1-2H3,(H,26,31)/b7-6-,28-21?. The van der Waals surface area contributed by atoms with Crippen molar-refractivity contribution in [3.05, 3.63) is 35.7 Å². The number of rotatable bonds is 8. The fraction of sp³-hybridized carbons (Fsp3) is 0.609. The van der Waals surface area contributed by atoms with Gasteiger partial charge in [0, 0.05) is 38.9 Å². The Hall–Kier alpha value is -2.47. The van der Waals surface area contributed by atoms with E-state index in [4.69, 9.17) is 10.3 Å². The van der Waals surface area contributed by atoms with E-state index < -0.39 is 0 Å². The zero-order chi connectivity index (χ0) is 22.1. The summed E-state index contributed by atoms with van der Waals surface area (Å²) >= 11 is 0. The number of hydrogen-bond acceptors (Lipinski definition) is 6. The molecule has 0 radical (unpaired) electrons. The van der Waals surface area contributed by atoms with Crippen LogP contribution in [0.15, 0.2) is 29.4 Å². The lowest BCUT2D eigenvalue weighted by Gasteiger charge is -2.41. The Labute approximate surface area is 185 Å². The molecule has 8 nitrogen and oxygen atoms in total. The van der Waals surface area contributed by atoms with Crippen LogP contribution >= 0.6 is 0 Å². The molecule has 0 aromatic carbocycles. The molecule has 168 valence electrons. The topological polar surface area (TPSA) is 99.5 Å². The van der Waals surface area contributed by atoms with Gasteiger partial charge < -0.3 is 15.6 Å². The first-order chi connectivity index (χ1) is 15.0. The lowest BCUT2D eigenvalue weighted by atomic mass is 9.94. The SMILES string of the molecule is CC(C)(C(/C=C\CNC(=O)c1cc(C#N)c[nH]1)=NCN1CCCCC1)N1CCNCC1. The highest BCUT2D eigenvalue weighted by molar-refractivity contribution is 6.02. The second-order valence-electron chi connectivity index (χ2n) is 8.69. The number of H-pyrrole nitrogens is 1. The minimum absolute atomic E-state index is 0.181. The molecular formula is C23H35N7O. The van der Waals surface area contributed by atoms with Crippen LogP contribution in [0, 0.1) is 11.3 Å². The molecule has 2 aliphatic heterocycles. The summed E-state index contributed by atoms with van der Waals surface area (Å²) in [5.74, 6) is -0.223. The average molecular weight is 426 g/mol. The highest BCUT2D eigenvalue weighted by atomic mass is 16.1. The minimum Gasteiger partial charge on any atom is -0.356 e. The van der Waals surface area contributed by atoms with Crippen LogP contribution in [0.3, 0.4) is 0 Å². The molecule has 0 atom stereocenters. The van der Waals surface area contributed by atoms with E-state index in [1.54, 1.807) is 6.07 Å². The third kappa shape index (κ3) is 6.50. The number of carbonyl (C=O) groups excluding carboxylic acids is 1. The van der Waals surface area contributed by atoms with E-state index >= 15 is 0 Å². The first kappa shape index (κ1) is 23.2. The Morgan fingerprint density at radius 3 is 2.68 bits per heavy atom. The average Bonchev–Trinajstić information content (AvgIpc) is 3.29. The van der Waals surface area contributed by atoms with Crippen molar-refractivity contribution in [2.75, 3.05) is 52.5 Å². The number of hydrogen-bond donors (Lipinski definition) is 3. The fourth-order valence-corrected chi connectivity index (χ4v) is 4.12. The molecule has 0 bridgehead atoms. The van der Waals surface area contributed by atoms with Crippen LogP contribution in [0.2, 0.25) is 0 Å². The lowest BCUT2D eigenvalue weighted by molar-refractivity contribution is 0.0953. The summed E-state index contributed by atoms with van der Waals surface area (Å²) in [6, 6.07) is 3.57. The third-order valence-electron chi connectivity index (χ3n) is 6.14. The van der Waals surface area contributed by atoms with Gasteiger partial charge in [0.05, 0.1) is 23.5 Å². The fourth-order valence-electron chi connectivity index (χ4n) is 4.12. The van der Waals surface area contributed by atoms with Crippen molar-refractivity contribution in [3.8, 4) is 6.07 Å². The number of likely N-dealkylation sites (tertiary alicyclic amines) is 1. The molecule has 3 N–H and O–H groups in total. The van der Waals surface area contributed by atoms with Crippen LogP contribution in [0.1, 0.15) is 49.2 Å². The molecule has 2 aliphatic rings. The number of amides is 1. The molecule has 1 aromatic heterocycles. The molecule has 0 spiro atoms. The molecule has 0 saturated carbocycles. The van der Waals surface area contributed by atoms with E-state index in [2.05, 4.69) is 45.3 Å². The number of piperazine rings is 1. The van der Waals surface area contributed by atoms with Gasteiger partial charge in [-0.05, 0) is 51.9 Å². The van der Waals surface area contributed by atoms with Gasteiger partial charge in [0.1, 0.15) is 11.8 Å². The van der Waals surface area contributed by atoms with E-state index in [9.17, 15) is 4.79 Å². The highest BCUT2D eigenvalue weighted by Gasteiger charge is 2.31. The second-order valence-corrected chi connectivity index (χ2v) is 8.69. The van der Waals surface area contributed by atoms with Crippen molar-refractivity contribution in [2.24, 2.45) is 4.99 Å². The summed E-state index contributed by atoms with van der Waals surface area (Å²) in [6.07, 6.45) is 9.37. The van der Waals surface area contributed by atoms with E-state index in [1.165, 1.54) is 25.5 Å². The van der Waals surface area contributed by atoms with Crippen LogP contribution in [0.4, 0.5) is 0 Å². The number of nitrogens with one attached hydrogen (secondary N) is 3. The molecule has 31 heavy (non-hydrogen) atoms. The number of aromatic nitrogens is 1. The lowest BCUT2D eigenvalue weighted by Crippen LogP contribution is -2.56. The van der Waals surface area contributed by atoms with Gasteiger partial charge >= 0.3 is 0 Å². The smallest absolute Gasteiger partial charge is 0.267 e. The Morgan fingerprint density at radius 1 is 1.26 bits per heavy atom. The maximum absolute atomic E-state index is 12.3. The Bertz CT molecular complexity index is 821. The summed E-state index contributed by atoms with van der Waals surface area (Å²) in [4.78, 5) is 25.0. The van der Waals surface area contributed by atoms with Crippen molar-refractivity contribution in [3.63, 3.8) is 0 Å². The van der Waals surface area contributed by atoms with Crippen molar-refractivity contribution in [2.45, 2.75) is 38.6 Å². The number of nitrogens with zero attached hydrogens (tertiary/aromatic N) is 4. The van der Waals surface area contributed by atoms with Crippen LogP contribution in [-0.4, -0.2) is 84.4 Å². The second kappa shape index (κ2) is 11.2. The Kier molecular flexibility index (Phi) is 8.41. The normalized spacial score (nSPS) is 19.5. The van der Waals surface area contributed by atoms with E-state index in [0.717, 1.165) is 51.6 Å². The van der Waals surface area contributed by atoms with Crippen molar-refractivity contribution >= 4 is 11.6 Å². The van der Waals surface area contributed by atoms with Gasteiger partial charge in [0.2, 0.25) is 0 Å². The molecular weight excluding hydrogens is 390 g/mol. The first-order valence-electron chi connectivity index (χ1n) is 11.3. The molecule has 3 rings (SSSR count).